The molecule has 23 heavy (non-hydrogen) atoms. The van der Waals surface area contributed by atoms with E-state index in [1.54, 1.807) is 49.6 Å². The first kappa shape index (κ1) is 15.3. The maximum atomic E-state index is 12.2. The van der Waals surface area contributed by atoms with Crippen LogP contribution in [0.1, 0.15) is 10.4 Å². The molecular weight excluding hydrogens is 364 g/mol. The Balaban J connectivity index is 1.93. The number of carbonyl (C=O) groups is 1. The third-order valence-electron chi connectivity index (χ3n) is 3.18. The minimum Gasteiger partial charge on any atom is -0.497 e. The van der Waals surface area contributed by atoms with Crippen molar-refractivity contribution in [3.63, 3.8) is 0 Å². The summed E-state index contributed by atoms with van der Waals surface area (Å²) in [7, 11) is 1.54. The van der Waals surface area contributed by atoms with E-state index in [0.717, 1.165) is 4.47 Å². The number of methoxy groups -OCH3 is 1. The molecule has 6 heteroatoms. The Bertz CT molecular complexity index is 928. The Labute approximate surface area is 139 Å². The van der Waals surface area contributed by atoms with Gasteiger partial charge < -0.3 is 13.9 Å². The first-order valence-electron chi connectivity index (χ1n) is 6.66. The topological polar surface area (TPSA) is 65.7 Å². The van der Waals surface area contributed by atoms with Crippen molar-refractivity contribution in [2.45, 2.75) is 0 Å². The van der Waals surface area contributed by atoms with Gasteiger partial charge in [-0.3, -0.25) is 0 Å². The van der Waals surface area contributed by atoms with Crippen LogP contribution in [0, 0.1) is 0 Å². The highest BCUT2D eigenvalue weighted by Gasteiger charge is 2.16. The average molecular weight is 375 g/mol. The summed E-state index contributed by atoms with van der Waals surface area (Å²) in [4.78, 5) is 24.1. The monoisotopic (exact) mass is 374 g/mol. The van der Waals surface area contributed by atoms with E-state index in [9.17, 15) is 9.59 Å². The van der Waals surface area contributed by atoms with Crippen molar-refractivity contribution in [1.82, 2.24) is 0 Å². The molecule has 116 valence electrons. The van der Waals surface area contributed by atoms with Crippen molar-refractivity contribution in [2.24, 2.45) is 0 Å². The van der Waals surface area contributed by atoms with Crippen molar-refractivity contribution in [2.75, 3.05) is 7.11 Å². The number of halogens is 1. The van der Waals surface area contributed by atoms with Crippen molar-refractivity contribution in [1.29, 1.82) is 0 Å². The van der Waals surface area contributed by atoms with Gasteiger partial charge in [0.1, 0.15) is 22.6 Å². The van der Waals surface area contributed by atoms with Gasteiger partial charge in [0.25, 0.3) is 0 Å². The van der Waals surface area contributed by atoms with Gasteiger partial charge in [-0.05, 0) is 48.5 Å². The smallest absolute Gasteiger partial charge is 0.351 e. The van der Waals surface area contributed by atoms with Gasteiger partial charge in [-0.25, -0.2) is 9.59 Å². The van der Waals surface area contributed by atoms with Crippen molar-refractivity contribution >= 4 is 32.9 Å². The van der Waals surface area contributed by atoms with Crippen molar-refractivity contribution in [3.8, 4) is 11.5 Å². The zero-order valence-corrected chi connectivity index (χ0v) is 13.6. The average Bonchev–Trinajstić information content (AvgIpc) is 2.55. The minimum atomic E-state index is -0.772. The van der Waals surface area contributed by atoms with E-state index in [2.05, 4.69) is 15.9 Å². The zero-order chi connectivity index (χ0) is 16.4. The van der Waals surface area contributed by atoms with Gasteiger partial charge >= 0.3 is 11.6 Å². The van der Waals surface area contributed by atoms with Crippen LogP contribution in [0.2, 0.25) is 0 Å². The lowest BCUT2D eigenvalue weighted by atomic mass is 10.2. The lowest BCUT2D eigenvalue weighted by Gasteiger charge is -2.05. The maximum absolute atomic E-state index is 12.2. The lowest BCUT2D eigenvalue weighted by molar-refractivity contribution is 0.0730. The van der Waals surface area contributed by atoms with Gasteiger partial charge in [0, 0.05) is 9.86 Å². The van der Waals surface area contributed by atoms with Crippen LogP contribution in [-0.4, -0.2) is 13.1 Å². The van der Waals surface area contributed by atoms with Crippen LogP contribution in [0.3, 0.4) is 0 Å². The number of esters is 1. The predicted molar refractivity (Wildman–Crippen MR) is 88.1 cm³/mol. The van der Waals surface area contributed by atoms with Gasteiger partial charge in [0.15, 0.2) is 0 Å². The standard InChI is InChI=1S/C17H11BrO5/c1-21-12-3-5-13(6-4-12)22-16(19)14-9-10-8-11(18)2-7-15(10)23-17(14)20/h2-9H,1H3. The molecule has 1 aromatic heterocycles. The van der Waals surface area contributed by atoms with Crippen LogP contribution < -0.4 is 15.1 Å². The normalized spacial score (nSPS) is 10.5. The van der Waals surface area contributed by atoms with Crippen LogP contribution in [0.5, 0.6) is 11.5 Å². The molecule has 0 aliphatic carbocycles. The largest absolute Gasteiger partial charge is 0.497 e. The summed E-state index contributed by atoms with van der Waals surface area (Å²) in [6.45, 7) is 0. The zero-order valence-electron chi connectivity index (χ0n) is 12.0. The summed E-state index contributed by atoms with van der Waals surface area (Å²) in [5.74, 6) is 0.176. The predicted octanol–water partition coefficient (Wildman–Crippen LogP) is 3.78. The molecule has 0 amide bonds. The second-order valence-electron chi connectivity index (χ2n) is 4.69. The SMILES string of the molecule is COc1ccc(OC(=O)c2cc3cc(Br)ccc3oc2=O)cc1. The number of carbonyl (C=O) groups excluding carboxylic acids is 1. The number of ether oxygens (including phenoxy) is 2. The molecule has 0 unspecified atom stereocenters. The number of hydrogen-bond donors (Lipinski definition) is 0. The maximum Gasteiger partial charge on any atom is 0.351 e. The Morgan fingerprint density at radius 3 is 2.43 bits per heavy atom. The molecule has 0 aliphatic rings. The van der Waals surface area contributed by atoms with E-state index >= 15 is 0 Å². The van der Waals surface area contributed by atoms with Crippen LogP contribution in [-0.2, 0) is 0 Å². The summed E-state index contributed by atoms with van der Waals surface area (Å²) in [6, 6.07) is 13.1. The molecule has 0 bridgehead atoms. The summed E-state index contributed by atoms with van der Waals surface area (Å²) >= 11 is 3.33. The molecule has 0 fully saturated rings. The first-order chi connectivity index (χ1) is 11.1. The molecule has 5 nitrogen and oxygen atoms in total. The van der Waals surface area contributed by atoms with E-state index in [1.807, 2.05) is 0 Å². The van der Waals surface area contributed by atoms with E-state index in [-0.39, 0.29) is 5.56 Å². The highest BCUT2D eigenvalue weighted by molar-refractivity contribution is 9.10. The number of rotatable bonds is 3. The molecule has 2 aromatic carbocycles. The molecule has 0 saturated heterocycles. The third-order valence-corrected chi connectivity index (χ3v) is 3.68. The molecular formula is C17H11BrO5. The van der Waals surface area contributed by atoms with Crippen LogP contribution >= 0.6 is 15.9 Å². The molecule has 0 spiro atoms. The quantitative estimate of drug-likeness (QED) is 0.396. The summed E-state index contributed by atoms with van der Waals surface area (Å²) in [5, 5.41) is 0.626. The van der Waals surface area contributed by atoms with Crippen molar-refractivity contribution in [3.05, 3.63) is 69.0 Å². The fraction of sp³-hybridized carbons (Fsp3) is 0.0588. The fourth-order valence-corrected chi connectivity index (χ4v) is 2.42. The Hall–Kier alpha value is -2.60. The number of benzene rings is 2. The van der Waals surface area contributed by atoms with Gasteiger partial charge in [-0.1, -0.05) is 15.9 Å². The van der Waals surface area contributed by atoms with Gasteiger partial charge in [-0.2, -0.15) is 0 Å². The van der Waals surface area contributed by atoms with Crippen LogP contribution in [0.25, 0.3) is 11.0 Å². The van der Waals surface area contributed by atoms with E-state index in [4.69, 9.17) is 13.9 Å². The minimum absolute atomic E-state index is 0.161. The third kappa shape index (κ3) is 3.27. The first-order valence-corrected chi connectivity index (χ1v) is 7.46. The Morgan fingerprint density at radius 1 is 1.04 bits per heavy atom. The second kappa shape index (κ2) is 6.26. The van der Waals surface area contributed by atoms with Crippen LogP contribution in [0.4, 0.5) is 0 Å². The molecule has 0 saturated carbocycles. The summed E-state index contributed by atoms with van der Waals surface area (Å²) < 4.78 is 16.2. The van der Waals surface area contributed by atoms with Crippen LogP contribution in [0.15, 0.2) is 62.2 Å². The number of fused-ring (bicyclic) bond motifs is 1. The number of hydrogen-bond acceptors (Lipinski definition) is 5. The molecule has 0 N–H and O–H groups in total. The summed E-state index contributed by atoms with van der Waals surface area (Å²) in [6.07, 6.45) is 0. The lowest BCUT2D eigenvalue weighted by Crippen LogP contribution is -2.18. The molecule has 3 rings (SSSR count). The molecule has 0 aliphatic heterocycles. The highest BCUT2D eigenvalue weighted by Crippen LogP contribution is 2.21. The van der Waals surface area contributed by atoms with Crippen molar-refractivity contribution < 1.29 is 18.7 Å². The fourth-order valence-electron chi connectivity index (χ4n) is 2.04. The van der Waals surface area contributed by atoms with Gasteiger partial charge in [0.05, 0.1) is 7.11 Å². The second-order valence-corrected chi connectivity index (χ2v) is 5.61. The van der Waals surface area contributed by atoms with E-state index in [1.165, 1.54) is 6.07 Å². The highest BCUT2D eigenvalue weighted by atomic mass is 79.9. The molecule has 1 heterocycles. The van der Waals surface area contributed by atoms with Gasteiger partial charge in [-0.15, -0.1) is 0 Å². The molecule has 0 radical (unpaired) electrons. The van der Waals surface area contributed by atoms with E-state index < -0.39 is 11.6 Å². The summed E-state index contributed by atoms with van der Waals surface area (Å²) in [5.41, 5.74) is -0.496. The Kier molecular flexibility index (Phi) is 4.16. The van der Waals surface area contributed by atoms with E-state index in [0.29, 0.717) is 22.5 Å². The Morgan fingerprint density at radius 2 is 1.74 bits per heavy atom. The molecule has 0 atom stereocenters. The van der Waals surface area contributed by atoms with Gasteiger partial charge in [0.2, 0.25) is 0 Å². The molecule has 3 aromatic rings.